The predicted molar refractivity (Wildman–Crippen MR) is 107 cm³/mol. The van der Waals surface area contributed by atoms with Crippen LogP contribution in [0.5, 0.6) is 0 Å². The molecule has 2 aromatic carbocycles. The maximum absolute atomic E-state index is 12.4. The first-order valence-corrected chi connectivity index (χ1v) is 9.32. The van der Waals surface area contributed by atoms with Gasteiger partial charge in [-0.15, -0.1) is 5.10 Å². The van der Waals surface area contributed by atoms with Gasteiger partial charge in [-0.25, -0.2) is 14.2 Å². The van der Waals surface area contributed by atoms with Gasteiger partial charge < -0.3 is 15.4 Å². The largest absolute Gasteiger partial charge is 0.377 e. The summed E-state index contributed by atoms with van der Waals surface area (Å²) < 4.78 is 9.08. The van der Waals surface area contributed by atoms with Crippen LogP contribution in [0, 0.1) is 0 Å². The summed E-state index contributed by atoms with van der Waals surface area (Å²) in [4.78, 5) is 12.4. The van der Waals surface area contributed by atoms with E-state index in [4.69, 9.17) is 4.74 Å². The van der Waals surface area contributed by atoms with E-state index in [1.807, 2.05) is 59.4 Å². The van der Waals surface area contributed by atoms with Gasteiger partial charge in [-0.2, -0.15) is 5.10 Å². The van der Waals surface area contributed by atoms with Crippen LogP contribution in [0.1, 0.15) is 6.04 Å². The highest BCUT2D eigenvalue weighted by molar-refractivity contribution is 5.89. The third kappa shape index (κ3) is 3.43. The fraction of sp³-hybridized carbons (Fsp3) is 0.200. The minimum atomic E-state index is -0.289. The average molecular weight is 389 g/mol. The van der Waals surface area contributed by atoms with Crippen LogP contribution >= 0.6 is 0 Å². The molecule has 0 saturated carbocycles. The second kappa shape index (κ2) is 7.36. The van der Waals surface area contributed by atoms with Crippen molar-refractivity contribution < 1.29 is 9.53 Å². The van der Waals surface area contributed by atoms with Crippen LogP contribution in [0.25, 0.3) is 16.6 Å². The first kappa shape index (κ1) is 17.4. The Morgan fingerprint density at radius 3 is 2.79 bits per heavy atom. The van der Waals surface area contributed by atoms with Gasteiger partial charge in [-0.05, 0) is 30.3 Å². The van der Waals surface area contributed by atoms with Crippen molar-refractivity contribution in [2.45, 2.75) is 12.1 Å². The van der Waals surface area contributed by atoms with Gasteiger partial charge in [0.2, 0.25) is 0 Å². The molecule has 4 aromatic rings. The number of hydrogen-bond donors (Lipinski definition) is 2. The molecule has 29 heavy (non-hydrogen) atoms. The van der Waals surface area contributed by atoms with Crippen molar-refractivity contribution in [2.75, 3.05) is 18.5 Å². The van der Waals surface area contributed by atoms with Crippen LogP contribution in [0.2, 0.25) is 0 Å². The number of para-hydroxylation sites is 1. The minimum Gasteiger partial charge on any atom is -0.377 e. The van der Waals surface area contributed by atoms with E-state index in [1.54, 1.807) is 17.1 Å². The molecular formula is C20H19N7O2. The Balaban J connectivity index is 1.26. The molecule has 0 unspecified atom stereocenters. The monoisotopic (exact) mass is 389 g/mol. The molecule has 1 aliphatic heterocycles. The van der Waals surface area contributed by atoms with Crippen LogP contribution in [0.15, 0.2) is 67.1 Å². The van der Waals surface area contributed by atoms with Crippen molar-refractivity contribution in [1.82, 2.24) is 30.1 Å². The summed E-state index contributed by atoms with van der Waals surface area (Å²) in [6.45, 7) is 0.921. The molecule has 2 atom stereocenters. The highest BCUT2D eigenvalue weighted by Gasteiger charge is 2.31. The second-order valence-corrected chi connectivity index (χ2v) is 6.85. The van der Waals surface area contributed by atoms with Gasteiger partial charge in [0.05, 0.1) is 48.9 Å². The van der Waals surface area contributed by atoms with Gasteiger partial charge in [0.15, 0.2) is 0 Å². The number of carbonyl (C=O) groups is 1. The van der Waals surface area contributed by atoms with Crippen molar-refractivity contribution in [1.29, 1.82) is 0 Å². The molecule has 5 rings (SSSR count). The zero-order valence-corrected chi connectivity index (χ0v) is 15.5. The van der Waals surface area contributed by atoms with Crippen LogP contribution < -0.4 is 10.6 Å². The quantitative estimate of drug-likeness (QED) is 0.558. The molecule has 0 aliphatic carbocycles. The molecule has 0 bridgehead atoms. The predicted octanol–water partition coefficient (Wildman–Crippen LogP) is 2.38. The number of anilines is 1. The van der Waals surface area contributed by atoms with Gasteiger partial charge in [0.1, 0.15) is 0 Å². The number of fused-ring (bicyclic) bond motifs is 1. The fourth-order valence-corrected chi connectivity index (χ4v) is 3.53. The standard InChI is InChI=1S/C20H19N7O2/c28-20(24-17-12-29-13-19(17)26-10-9-21-25-26)23-15-5-7-16(8-6-15)27-18-4-2-1-3-14(18)11-22-27/h1-11,17,19H,12-13H2,(H2,23,24,28)/t17-,19+/m0/s1. The molecule has 2 N–H and O–H groups in total. The van der Waals surface area contributed by atoms with Crippen LogP contribution in [-0.2, 0) is 4.74 Å². The molecule has 1 fully saturated rings. The molecule has 3 heterocycles. The summed E-state index contributed by atoms with van der Waals surface area (Å²) in [5.74, 6) is 0. The molecule has 2 amide bonds. The van der Waals surface area contributed by atoms with E-state index in [0.29, 0.717) is 18.9 Å². The number of urea groups is 1. The summed E-state index contributed by atoms with van der Waals surface area (Å²) in [5.41, 5.74) is 2.65. The maximum atomic E-state index is 12.4. The summed E-state index contributed by atoms with van der Waals surface area (Å²) in [7, 11) is 0. The number of nitrogens with one attached hydrogen (secondary N) is 2. The number of rotatable bonds is 4. The van der Waals surface area contributed by atoms with E-state index in [0.717, 1.165) is 16.6 Å². The van der Waals surface area contributed by atoms with Gasteiger partial charge in [-0.3, -0.25) is 0 Å². The fourth-order valence-electron chi connectivity index (χ4n) is 3.53. The first-order chi connectivity index (χ1) is 14.3. The van der Waals surface area contributed by atoms with Crippen molar-refractivity contribution in [2.24, 2.45) is 0 Å². The second-order valence-electron chi connectivity index (χ2n) is 6.85. The Morgan fingerprint density at radius 1 is 1.10 bits per heavy atom. The van der Waals surface area contributed by atoms with Gasteiger partial charge in [-0.1, -0.05) is 23.4 Å². The number of amides is 2. The highest BCUT2D eigenvalue weighted by atomic mass is 16.5. The summed E-state index contributed by atoms with van der Waals surface area (Å²) in [6, 6.07) is 15.0. The molecule has 0 spiro atoms. The van der Waals surface area contributed by atoms with Crippen LogP contribution in [0.3, 0.4) is 0 Å². The zero-order valence-electron chi connectivity index (χ0n) is 15.5. The van der Waals surface area contributed by atoms with E-state index < -0.39 is 0 Å². The highest BCUT2D eigenvalue weighted by Crippen LogP contribution is 2.20. The Bertz CT molecular complexity index is 1120. The van der Waals surface area contributed by atoms with Crippen molar-refractivity contribution in [3.05, 3.63) is 67.1 Å². The zero-order chi connectivity index (χ0) is 19.6. The number of nitrogens with zero attached hydrogens (tertiary/aromatic N) is 5. The van der Waals surface area contributed by atoms with Crippen LogP contribution in [-0.4, -0.2) is 50.1 Å². The number of aromatic nitrogens is 5. The lowest BCUT2D eigenvalue weighted by atomic mass is 10.2. The normalized spacial score (nSPS) is 18.8. The molecule has 0 radical (unpaired) electrons. The third-order valence-corrected chi connectivity index (χ3v) is 4.99. The lowest BCUT2D eigenvalue weighted by Gasteiger charge is -2.19. The summed E-state index contributed by atoms with van der Waals surface area (Å²) in [6.07, 6.45) is 5.22. The Labute approximate surface area is 166 Å². The number of ether oxygens (including phenoxy) is 1. The van der Waals surface area contributed by atoms with Crippen molar-refractivity contribution in [3.8, 4) is 5.69 Å². The van der Waals surface area contributed by atoms with Gasteiger partial charge in [0, 0.05) is 17.3 Å². The molecule has 146 valence electrons. The maximum Gasteiger partial charge on any atom is 0.319 e. The first-order valence-electron chi connectivity index (χ1n) is 9.32. The smallest absolute Gasteiger partial charge is 0.319 e. The Hall–Kier alpha value is -3.72. The molecular weight excluding hydrogens is 370 g/mol. The van der Waals surface area contributed by atoms with E-state index in [9.17, 15) is 4.79 Å². The van der Waals surface area contributed by atoms with Crippen molar-refractivity contribution in [3.63, 3.8) is 0 Å². The van der Waals surface area contributed by atoms with E-state index in [-0.39, 0.29) is 18.1 Å². The molecule has 1 aliphatic rings. The number of carbonyl (C=O) groups excluding carboxylic acids is 1. The van der Waals surface area contributed by atoms with Crippen LogP contribution in [0.4, 0.5) is 10.5 Å². The minimum absolute atomic E-state index is 0.0706. The topological polar surface area (TPSA) is 98.9 Å². The number of hydrogen-bond acceptors (Lipinski definition) is 5. The lowest BCUT2D eigenvalue weighted by Crippen LogP contribution is -2.43. The molecule has 9 nitrogen and oxygen atoms in total. The average Bonchev–Trinajstić information content (AvgIpc) is 3.49. The SMILES string of the molecule is O=C(Nc1ccc(-n2ncc3ccccc32)cc1)N[C@H]1COC[C@H]1n1ccnn1. The van der Waals surface area contributed by atoms with Gasteiger partial charge in [0.25, 0.3) is 0 Å². The molecule has 2 aromatic heterocycles. The number of benzene rings is 2. The molecule has 9 heteroatoms. The Kier molecular flexibility index (Phi) is 4.41. The van der Waals surface area contributed by atoms with E-state index in [1.165, 1.54) is 0 Å². The Morgan fingerprint density at radius 2 is 1.97 bits per heavy atom. The molecule has 1 saturated heterocycles. The summed E-state index contributed by atoms with van der Waals surface area (Å²) >= 11 is 0. The lowest BCUT2D eigenvalue weighted by molar-refractivity contribution is 0.181. The summed E-state index contributed by atoms with van der Waals surface area (Å²) in [5, 5.41) is 19.2. The van der Waals surface area contributed by atoms with Gasteiger partial charge >= 0.3 is 6.03 Å². The third-order valence-electron chi connectivity index (χ3n) is 4.99. The van der Waals surface area contributed by atoms with E-state index in [2.05, 4.69) is 26.0 Å². The van der Waals surface area contributed by atoms with Crippen molar-refractivity contribution >= 4 is 22.6 Å². The van der Waals surface area contributed by atoms with E-state index >= 15 is 0 Å².